The number of H-pyrrole nitrogens is 2. The minimum absolute atomic E-state index is 0.00225. The van der Waals surface area contributed by atoms with Gasteiger partial charge in [0.05, 0.1) is 17.9 Å². The molecule has 8 nitrogen and oxygen atoms in total. The number of aromatic nitrogens is 2. The quantitative estimate of drug-likeness (QED) is 0.192. The molecule has 210 valence electrons. The lowest BCUT2D eigenvalue weighted by Crippen LogP contribution is -2.23. The van der Waals surface area contributed by atoms with Crippen LogP contribution in [0.15, 0.2) is 36.4 Å². The van der Waals surface area contributed by atoms with E-state index in [4.69, 9.17) is 9.47 Å². The molecule has 4 N–H and O–H groups in total. The Kier molecular flexibility index (Phi) is 10.1. The third kappa shape index (κ3) is 7.80. The van der Waals surface area contributed by atoms with Gasteiger partial charge in [0.1, 0.15) is 17.2 Å². The highest BCUT2D eigenvalue weighted by Gasteiger charge is 2.36. The van der Waals surface area contributed by atoms with Gasteiger partial charge >= 0.3 is 6.18 Å². The number of carbonyl (C=O) groups is 2. The molecule has 12 heteroatoms. The Balaban J connectivity index is 0.000000218. The summed E-state index contributed by atoms with van der Waals surface area (Å²) in [5.41, 5.74) is 2.05. The molecule has 0 unspecified atom stereocenters. The summed E-state index contributed by atoms with van der Waals surface area (Å²) in [6.07, 6.45) is -3.58. The van der Waals surface area contributed by atoms with Crippen molar-refractivity contribution in [2.75, 3.05) is 27.3 Å². The average Bonchev–Trinajstić information content (AvgIpc) is 3.40. The van der Waals surface area contributed by atoms with Gasteiger partial charge in [-0.1, -0.05) is 0 Å². The van der Waals surface area contributed by atoms with Crippen LogP contribution < -0.4 is 20.1 Å². The van der Waals surface area contributed by atoms with Crippen LogP contribution in [0, 0.1) is 3.70 Å². The van der Waals surface area contributed by atoms with Crippen molar-refractivity contribution in [2.45, 2.75) is 32.9 Å². The lowest BCUT2D eigenvalue weighted by molar-refractivity contribution is -0.141. The summed E-state index contributed by atoms with van der Waals surface area (Å²) in [7, 11) is 3.12. The van der Waals surface area contributed by atoms with Crippen LogP contribution in [0.4, 0.5) is 13.2 Å². The zero-order chi connectivity index (χ0) is 28.7. The molecule has 0 aliphatic heterocycles. The van der Waals surface area contributed by atoms with Crippen LogP contribution in [-0.2, 0) is 28.6 Å². The lowest BCUT2D eigenvalue weighted by atomic mass is 10.1. The third-order valence-corrected chi connectivity index (χ3v) is 6.88. The molecule has 2 heterocycles. The number of methoxy groups -OCH3 is 2. The maximum absolute atomic E-state index is 13.1. The number of alkyl halides is 3. The number of nitrogens with one attached hydrogen (secondary N) is 4. The molecule has 39 heavy (non-hydrogen) atoms. The fourth-order valence-electron chi connectivity index (χ4n) is 4.15. The maximum atomic E-state index is 13.1. The Morgan fingerprint density at radius 3 is 1.74 bits per heavy atom. The number of ether oxygens (including phenoxy) is 2. The monoisotopic (exact) mass is 658 g/mol. The average molecular weight is 658 g/mol. The fraction of sp³-hybridized carbons (Fsp3) is 0.333. The molecule has 2 aromatic heterocycles. The van der Waals surface area contributed by atoms with Gasteiger partial charge in [0.2, 0.25) is 11.8 Å². The van der Waals surface area contributed by atoms with Crippen molar-refractivity contribution < 1.29 is 32.2 Å². The first-order chi connectivity index (χ1) is 18.4. The van der Waals surface area contributed by atoms with Gasteiger partial charge in [-0.05, 0) is 83.0 Å². The number of benzene rings is 2. The minimum Gasteiger partial charge on any atom is -0.497 e. The molecule has 0 fully saturated rings. The normalized spacial score (nSPS) is 11.2. The van der Waals surface area contributed by atoms with E-state index >= 15 is 0 Å². The van der Waals surface area contributed by atoms with Crippen molar-refractivity contribution in [2.24, 2.45) is 0 Å². The largest absolute Gasteiger partial charge is 0.497 e. The number of fused-ring (bicyclic) bond motifs is 2. The Morgan fingerprint density at radius 1 is 0.821 bits per heavy atom. The summed E-state index contributed by atoms with van der Waals surface area (Å²) in [5.74, 6) is 1.05. The molecule has 0 spiro atoms. The van der Waals surface area contributed by atoms with Crippen LogP contribution in [0.2, 0.25) is 0 Å². The van der Waals surface area contributed by atoms with Crippen LogP contribution in [-0.4, -0.2) is 49.1 Å². The second kappa shape index (κ2) is 13.1. The van der Waals surface area contributed by atoms with E-state index in [-0.39, 0.29) is 30.3 Å². The molecule has 0 aliphatic rings. The zero-order valence-corrected chi connectivity index (χ0v) is 24.1. The van der Waals surface area contributed by atoms with Gasteiger partial charge in [0.25, 0.3) is 0 Å². The first kappa shape index (κ1) is 30.1. The Labute approximate surface area is 237 Å². The van der Waals surface area contributed by atoms with E-state index in [1.165, 1.54) is 26.5 Å². The molecule has 4 rings (SSSR count). The van der Waals surface area contributed by atoms with Crippen LogP contribution in [0.5, 0.6) is 11.5 Å². The fourth-order valence-corrected chi connectivity index (χ4v) is 5.00. The van der Waals surface area contributed by atoms with Crippen LogP contribution in [0.1, 0.15) is 30.7 Å². The lowest BCUT2D eigenvalue weighted by Gasteiger charge is -2.09. The van der Waals surface area contributed by atoms with Crippen molar-refractivity contribution in [1.29, 1.82) is 0 Å². The molecule has 0 radical (unpaired) electrons. The number of halogens is 4. The molecule has 4 aromatic rings. The highest BCUT2D eigenvalue weighted by molar-refractivity contribution is 14.1. The first-order valence-corrected chi connectivity index (χ1v) is 13.1. The number of hydrogen-bond acceptors (Lipinski definition) is 4. The van der Waals surface area contributed by atoms with Crippen molar-refractivity contribution in [1.82, 2.24) is 20.6 Å². The molecular formula is C27H30F3IN4O4. The number of carbonyl (C=O) groups excluding carboxylic acids is 2. The number of aromatic amines is 2. The van der Waals surface area contributed by atoms with Gasteiger partial charge in [-0.3, -0.25) is 9.59 Å². The predicted molar refractivity (Wildman–Crippen MR) is 152 cm³/mol. The predicted octanol–water partition coefficient (Wildman–Crippen LogP) is 5.33. The molecule has 0 atom stereocenters. The van der Waals surface area contributed by atoms with Gasteiger partial charge in [-0.2, -0.15) is 13.2 Å². The maximum Gasteiger partial charge on any atom is 0.431 e. The van der Waals surface area contributed by atoms with Crippen LogP contribution in [0.25, 0.3) is 21.8 Å². The second-order valence-electron chi connectivity index (χ2n) is 8.68. The minimum atomic E-state index is -4.47. The molecule has 0 saturated heterocycles. The van der Waals surface area contributed by atoms with Gasteiger partial charge in [-0.15, -0.1) is 0 Å². The highest BCUT2D eigenvalue weighted by atomic mass is 127. The zero-order valence-electron chi connectivity index (χ0n) is 21.9. The molecule has 2 amide bonds. The van der Waals surface area contributed by atoms with Gasteiger partial charge in [0.15, 0.2) is 0 Å². The Bertz CT molecular complexity index is 1460. The van der Waals surface area contributed by atoms with Crippen molar-refractivity contribution >= 4 is 56.2 Å². The van der Waals surface area contributed by atoms with E-state index in [0.29, 0.717) is 23.2 Å². The molecule has 2 aromatic carbocycles. The number of rotatable bonds is 8. The van der Waals surface area contributed by atoms with E-state index in [2.05, 4.69) is 43.2 Å². The molecular weight excluding hydrogens is 628 g/mol. The Morgan fingerprint density at radius 2 is 1.28 bits per heavy atom. The van der Waals surface area contributed by atoms with E-state index in [0.717, 1.165) is 26.8 Å². The topological polar surface area (TPSA) is 108 Å². The van der Waals surface area contributed by atoms with E-state index in [1.54, 1.807) is 25.3 Å². The summed E-state index contributed by atoms with van der Waals surface area (Å²) < 4.78 is 50.7. The Hall–Kier alpha value is -3.42. The summed E-state index contributed by atoms with van der Waals surface area (Å²) in [5, 5.41) is 6.93. The first-order valence-electron chi connectivity index (χ1n) is 12.0. The van der Waals surface area contributed by atoms with Gasteiger partial charge in [-0.25, -0.2) is 0 Å². The third-order valence-electron chi connectivity index (χ3n) is 5.96. The standard InChI is InChI=1S/C14H15F3N2O2.C13H15IN2O2/c1-8(20)18-6-5-10-11-7-9(21-2)3-4-12(11)19-13(10)14(15,16)17;1-8(17)15-6-5-10-11-7-9(18-2)3-4-12(11)16-13(10)14/h3-4,7,19H,5-6H2,1-2H3,(H,18,20);3-4,7,16H,5-6H2,1-2H3,(H,15,17). The summed E-state index contributed by atoms with van der Waals surface area (Å²) in [4.78, 5) is 27.5. The highest BCUT2D eigenvalue weighted by Crippen LogP contribution is 2.37. The molecule has 0 saturated carbocycles. The molecule has 0 aliphatic carbocycles. The second-order valence-corrected chi connectivity index (χ2v) is 9.76. The smallest absolute Gasteiger partial charge is 0.431 e. The van der Waals surface area contributed by atoms with E-state index < -0.39 is 11.9 Å². The van der Waals surface area contributed by atoms with Crippen molar-refractivity contribution in [3.8, 4) is 11.5 Å². The summed E-state index contributed by atoms with van der Waals surface area (Å²) in [6, 6.07) is 10.7. The van der Waals surface area contributed by atoms with E-state index in [1.807, 2.05) is 18.2 Å². The van der Waals surface area contributed by atoms with Crippen LogP contribution in [0.3, 0.4) is 0 Å². The SMILES string of the molecule is COc1ccc2[nH]c(C(F)(F)F)c(CCNC(C)=O)c2c1.COc1ccc2[nH]c(I)c(CCNC(C)=O)c2c1. The van der Waals surface area contributed by atoms with Crippen molar-refractivity contribution in [3.05, 3.63) is 56.9 Å². The number of amides is 2. The van der Waals surface area contributed by atoms with Gasteiger partial charge < -0.3 is 30.1 Å². The summed E-state index contributed by atoms with van der Waals surface area (Å²) in [6.45, 7) is 3.64. The van der Waals surface area contributed by atoms with Crippen LogP contribution >= 0.6 is 22.6 Å². The summed E-state index contributed by atoms with van der Waals surface area (Å²) >= 11 is 2.29. The molecule has 0 bridgehead atoms. The number of hydrogen-bond donors (Lipinski definition) is 4. The van der Waals surface area contributed by atoms with E-state index in [9.17, 15) is 22.8 Å². The van der Waals surface area contributed by atoms with Crippen molar-refractivity contribution in [3.63, 3.8) is 0 Å². The van der Waals surface area contributed by atoms with Gasteiger partial charge in [0, 0.05) is 48.7 Å².